The lowest BCUT2D eigenvalue weighted by Gasteiger charge is -2.11. The van der Waals surface area contributed by atoms with Crippen molar-refractivity contribution in [3.63, 3.8) is 0 Å². The van der Waals surface area contributed by atoms with E-state index in [0.29, 0.717) is 22.5 Å². The van der Waals surface area contributed by atoms with Gasteiger partial charge in [0.15, 0.2) is 5.78 Å². The smallest absolute Gasteiger partial charge is 0.416 e. The lowest BCUT2D eigenvalue weighted by Crippen LogP contribution is -2.14. The molecular weight excluding hydrogens is 507 g/mol. The minimum Gasteiger partial charge on any atom is -0.494 e. The van der Waals surface area contributed by atoms with E-state index in [4.69, 9.17) is 0 Å². The first-order chi connectivity index (χ1) is 18.4. The summed E-state index contributed by atoms with van der Waals surface area (Å²) in [4.78, 5) is 28.9. The van der Waals surface area contributed by atoms with Crippen molar-refractivity contribution >= 4 is 34.0 Å². The molecule has 1 amide bonds. The summed E-state index contributed by atoms with van der Waals surface area (Å²) in [5.74, 6) is -0.857. The zero-order chi connectivity index (χ0) is 28.3. The lowest BCUT2D eigenvalue weighted by atomic mass is 10.1. The van der Waals surface area contributed by atoms with Gasteiger partial charge in [0.25, 0.3) is 0 Å². The van der Waals surface area contributed by atoms with Gasteiger partial charge in [-0.25, -0.2) is 0 Å². The highest BCUT2D eigenvalue weighted by atomic mass is 19.4. The number of carbonyl (C=O) groups excluding carboxylic acids is 2. The highest BCUT2D eigenvalue weighted by Crippen LogP contribution is 2.39. The zero-order valence-corrected chi connectivity index (χ0v) is 21.8. The maximum Gasteiger partial charge on any atom is 0.416 e. The summed E-state index contributed by atoms with van der Waals surface area (Å²) in [6, 6.07) is 17.6. The summed E-state index contributed by atoms with van der Waals surface area (Å²) >= 11 is 0. The molecule has 0 bridgehead atoms. The number of hydrogen-bond acceptors (Lipinski definition) is 4. The van der Waals surface area contributed by atoms with Crippen LogP contribution < -0.4 is 5.32 Å². The fourth-order valence-corrected chi connectivity index (χ4v) is 4.51. The number of nitrogens with one attached hydrogen (secondary N) is 1. The van der Waals surface area contributed by atoms with Gasteiger partial charge in [-0.1, -0.05) is 30.3 Å². The molecular formula is C30H28F3N3O3. The van der Waals surface area contributed by atoms with E-state index >= 15 is 0 Å². The van der Waals surface area contributed by atoms with Crippen LogP contribution in [0.5, 0.6) is 5.88 Å². The zero-order valence-electron chi connectivity index (χ0n) is 21.8. The van der Waals surface area contributed by atoms with Crippen molar-refractivity contribution < 1.29 is 27.9 Å². The Hall–Kier alpha value is -4.40. The van der Waals surface area contributed by atoms with Gasteiger partial charge in [0.1, 0.15) is 0 Å². The Labute approximate surface area is 223 Å². The highest BCUT2D eigenvalue weighted by Gasteiger charge is 2.32. The molecule has 0 saturated heterocycles. The number of anilines is 1. The van der Waals surface area contributed by atoms with E-state index in [1.165, 1.54) is 10.6 Å². The van der Waals surface area contributed by atoms with Crippen LogP contribution in [0.25, 0.3) is 16.6 Å². The second kappa shape index (κ2) is 11.1. The van der Waals surface area contributed by atoms with Gasteiger partial charge in [-0.15, -0.1) is 0 Å². The topological polar surface area (TPSA) is 83.7 Å². The Morgan fingerprint density at radius 1 is 0.949 bits per heavy atom. The van der Waals surface area contributed by atoms with E-state index in [-0.39, 0.29) is 48.0 Å². The van der Waals surface area contributed by atoms with Gasteiger partial charge in [0.05, 0.1) is 23.2 Å². The van der Waals surface area contributed by atoms with Gasteiger partial charge in [0.2, 0.25) is 11.8 Å². The predicted octanol–water partition coefficient (Wildman–Crippen LogP) is 6.77. The molecule has 0 aliphatic heterocycles. The number of para-hydroxylation sites is 1. The molecule has 2 N–H and O–H groups in total. The van der Waals surface area contributed by atoms with Crippen LogP contribution in [0.15, 0.2) is 71.7 Å². The van der Waals surface area contributed by atoms with Gasteiger partial charge >= 0.3 is 6.18 Å². The monoisotopic (exact) mass is 535 g/mol. The molecule has 0 aliphatic carbocycles. The van der Waals surface area contributed by atoms with Gasteiger partial charge in [0, 0.05) is 35.3 Å². The van der Waals surface area contributed by atoms with Gasteiger partial charge in [-0.3, -0.25) is 19.1 Å². The molecule has 0 fully saturated rings. The molecule has 1 aromatic heterocycles. The Morgan fingerprint density at radius 2 is 1.62 bits per heavy atom. The third kappa shape index (κ3) is 6.37. The number of halogens is 3. The van der Waals surface area contributed by atoms with E-state index in [0.717, 1.165) is 23.3 Å². The van der Waals surface area contributed by atoms with E-state index < -0.39 is 11.7 Å². The molecule has 39 heavy (non-hydrogen) atoms. The van der Waals surface area contributed by atoms with E-state index in [1.54, 1.807) is 43.3 Å². The predicted molar refractivity (Wildman–Crippen MR) is 146 cm³/mol. The quantitative estimate of drug-likeness (QED) is 0.244. The Morgan fingerprint density at radius 3 is 2.26 bits per heavy atom. The van der Waals surface area contributed by atoms with Crippen LogP contribution in [0, 0.1) is 13.8 Å². The average molecular weight is 536 g/mol. The number of aryl methyl sites for hydroxylation is 2. The first-order valence-electron chi connectivity index (χ1n) is 12.4. The van der Waals surface area contributed by atoms with Crippen molar-refractivity contribution in [2.24, 2.45) is 4.99 Å². The standard InChI is InChI=1S/C30H28F3N3O3/c1-18-13-19(2)15-23(14-18)36-26-16-21(30(31,32)33)9-11-25(26)28(29(36)39)20(3)34-17-24(37)10-12-27(38)35-22-7-5-4-6-8-22/h4-9,11,13-16,39H,10,12,17H2,1-3H3,(H,35,38). The largest absolute Gasteiger partial charge is 0.494 e. The van der Waals surface area contributed by atoms with Gasteiger partial charge in [-0.2, -0.15) is 13.2 Å². The number of carbonyl (C=O) groups is 2. The number of benzene rings is 3. The Bertz CT molecular complexity index is 1550. The number of ketones is 1. The highest BCUT2D eigenvalue weighted by molar-refractivity contribution is 6.13. The SMILES string of the molecule is CC(=NCC(=O)CCC(=O)Nc1ccccc1)c1c(O)n(-c2cc(C)cc(C)c2)c2cc(C(F)(F)F)ccc12. The first-order valence-corrected chi connectivity index (χ1v) is 12.4. The van der Waals surface area contributed by atoms with E-state index in [1.807, 2.05) is 26.0 Å². The molecule has 0 radical (unpaired) electrons. The third-order valence-corrected chi connectivity index (χ3v) is 6.28. The van der Waals surface area contributed by atoms with Crippen molar-refractivity contribution in [3.8, 4) is 11.6 Å². The molecule has 0 atom stereocenters. The number of rotatable bonds is 8. The normalized spacial score (nSPS) is 12.1. The number of Topliss-reactive ketones (excluding diaryl/α,β-unsaturated/α-hetero) is 1. The number of alkyl halides is 3. The van der Waals surface area contributed by atoms with Crippen LogP contribution in [0.3, 0.4) is 0 Å². The molecule has 0 unspecified atom stereocenters. The van der Waals surface area contributed by atoms with Gasteiger partial charge < -0.3 is 10.4 Å². The number of aromatic nitrogens is 1. The Balaban J connectivity index is 1.62. The number of hydrogen-bond donors (Lipinski definition) is 2. The van der Waals surface area contributed by atoms with Crippen LogP contribution in [-0.4, -0.2) is 33.6 Å². The third-order valence-electron chi connectivity index (χ3n) is 6.28. The minimum absolute atomic E-state index is 0.0141. The molecule has 202 valence electrons. The first kappa shape index (κ1) is 27.6. The van der Waals surface area contributed by atoms with Crippen molar-refractivity contribution in [1.29, 1.82) is 0 Å². The van der Waals surface area contributed by atoms with Crippen molar-refractivity contribution in [1.82, 2.24) is 4.57 Å². The molecule has 9 heteroatoms. The maximum atomic E-state index is 13.5. The second-order valence-electron chi connectivity index (χ2n) is 9.46. The van der Waals surface area contributed by atoms with Crippen LogP contribution in [0.4, 0.5) is 18.9 Å². The molecule has 0 aliphatic rings. The van der Waals surface area contributed by atoms with Crippen LogP contribution in [0.2, 0.25) is 0 Å². The summed E-state index contributed by atoms with van der Waals surface area (Å²) in [6.07, 6.45) is -4.61. The van der Waals surface area contributed by atoms with Crippen LogP contribution in [-0.2, 0) is 15.8 Å². The maximum absolute atomic E-state index is 13.5. The number of fused-ring (bicyclic) bond motifs is 1. The number of nitrogens with zero attached hydrogens (tertiary/aromatic N) is 2. The molecule has 3 aromatic carbocycles. The fraction of sp³-hybridized carbons (Fsp3) is 0.233. The van der Waals surface area contributed by atoms with Crippen molar-refractivity contribution in [3.05, 3.63) is 89.0 Å². The average Bonchev–Trinajstić information content (AvgIpc) is 3.16. The summed E-state index contributed by atoms with van der Waals surface area (Å²) in [7, 11) is 0. The fourth-order valence-electron chi connectivity index (χ4n) is 4.51. The molecule has 1 heterocycles. The second-order valence-corrected chi connectivity index (χ2v) is 9.46. The molecule has 6 nitrogen and oxygen atoms in total. The summed E-state index contributed by atoms with van der Waals surface area (Å²) in [5.41, 5.74) is 2.76. The summed E-state index contributed by atoms with van der Waals surface area (Å²) in [6.45, 7) is 5.08. The Kier molecular flexibility index (Phi) is 7.90. The van der Waals surface area contributed by atoms with E-state index in [2.05, 4.69) is 10.3 Å². The van der Waals surface area contributed by atoms with Crippen molar-refractivity contribution in [2.45, 2.75) is 39.8 Å². The summed E-state index contributed by atoms with van der Waals surface area (Å²) < 4.78 is 42.0. The number of aliphatic imine (C=N–C) groups is 1. The van der Waals surface area contributed by atoms with Crippen LogP contribution in [0.1, 0.15) is 42.0 Å². The molecule has 4 aromatic rings. The minimum atomic E-state index is -4.57. The van der Waals surface area contributed by atoms with Crippen molar-refractivity contribution in [2.75, 3.05) is 11.9 Å². The molecule has 4 rings (SSSR count). The van der Waals surface area contributed by atoms with Gasteiger partial charge in [-0.05, 0) is 68.3 Å². The van der Waals surface area contributed by atoms with E-state index in [9.17, 15) is 27.9 Å². The summed E-state index contributed by atoms with van der Waals surface area (Å²) in [5, 5.41) is 14.3. The van der Waals surface area contributed by atoms with Crippen LogP contribution >= 0.6 is 0 Å². The molecule has 0 saturated carbocycles. The molecule has 0 spiro atoms. The lowest BCUT2D eigenvalue weighted by molar-refractivity contribution is -0.137. The number of amides is 1. The number of aromatic hydroxyl groups is 1.